The Labute approximate surface area is 188 Å². The Morgan fingerprint density at radius 2 is 1.59 bits per heavy atom. The molecule has 0 saturated carbocycles. The molecular formula is C27H26N2O3. The summed E-state index contributed by atoms with van der Waals surface area (Å²) < 4.78 is 5.37. The number of ketones is 1. The van der Waals surface area contributed by atoms with Crippen LogP contribution >= 0.6 is 0 Å². The van der Waals surface area contributed by atoms with Crippen LogP contribution in [-0.2, 0) is 14.9 Å². The van der Waals surface area contributed by atoms with Crippen molar-refractivity contribution in [3.05, 3.63) is 102 Å². The number of anilines is 3. The molecule has 3 aromatic carbocycles. The monoisotopic (exact) mass is 426 g/mol. The van der Waals surface area contributed by atoms with E-state index in [0.717, 1.165) is 17.1 Å². The third kappa shape index (κ3) is 4.14. The van der Waals surface area contributed by atoms with Crippen LogP contribution in [0.4, 0.5) is 17.1 Å². The third-order valence-electron chi connectivity index (χ3n) is 5.78. The number of likely N-dealkylation sites (N-methyl/N-ethyl adjacent to an activating group) is 1. The quantitative estimate of drug-likeness (QED) is 0.419. The molecule has 1 aliphatic rings. The number of hydrogen-bond donors (Lipinski definition) is 1. The van der Waals surface area contributed by atoms with Crippen molar-refractivity contribution in [1.29, 1.82) is 0 Å². The largest absolute Gasteiger partial charge is 0.454 e. The highest BCUT2D eigenvalue weighted by Crippen LogP contribution is 2.46. The Hall–Kier alpha value is -3.86. The van der Waals surface area contributed by atoms with E-state index in [1.165, 1.54) is 5.56 Å². The number of nitrogens with zero attached hydrogens (tertiary/aromatic N) is 1. The number of para-hydroxylation sites is 3. The van der Waals surface area contributed by atoms with E-state index in [4.69, 9.17) is 4.74 Å². The molecule has 162 valence electrons. The summed E-state index contributed by atoms with van der Waals surface area (Å²) >= 11 is 0. The normalized spacial score (nSPS) is 15.3. The van der Waals surface area contributed by atoms with Crippen molar-refractivity contribution in [1.82, 2.24) is 0 Å². The topological polar surface area (TPSA) is 58.6 Å². The average molecular weight is 427 g/mol. The van der Waals surface area contributed by atoms with E-state index in [2.05, 4.69) is 25.2 Å². The highest BCUT2D eigenvalue weighted by Gasteiger charge is 2.38. The van der Waals surface area contributed by atoms with Gasteiger partial charge in [0.2, 0.25) is 0 Å². The molecule has 5 nitrogen and oxygen atoms in total. The fourth-order valence-electron chi connectivity index (χ4n) is 4.11. The maximum atomic E-state index is 12.7. The number of carbonyl (C=O) groups is 2. The molecule has 0 amide bonds. The van der Waals surface area contributed by atoms with Crippen LogP contribution in [0, 0.1) is 0 Å². The Bertz CT molecular complexity index is 1180. The maximum absolute atomic E-state index is 12.7. The van der Waals surface area contributed by atoms with Gasteiger partial charge in [-0.1, -0.05) is 62.4 Å². The van der Waals surface area contributed by atoms with E-state index in [1.54, 1.807) is 24.3 Å². The number of nitrogens with one attached hydrogen (secondary N) is 1. The Kier molecular flexibility index (Phi) is 5.82. The van der Waals surface area contributed by atoms with E-state index >= 15 is 0 Å². The van der Waals surface area contributed by atoms with Crippen molar-refractivity contribution in [2.45, 2.75) is 19.3 Å². The third-order valence-corrected chi connectivity index (χ3v) is 5.78. The lowest BCUT2D eigenvalue weighted by Crippen LogP contribution is -2.25. The lowest BCUT2D eigenvalue weighted by molar-refractivity contribution is -0.117. The van der Waals surface area contributed by atoms with Gasteiger partial charge in [-0.25, -0.2) is 4.79 Å². The van der Waals surface area contributed by atoms with Crippen LogP contribution < -0.4 is 10.2 Å². The fraction of sp³-hybridized carbons (Fsp3) is 0.185. The predicted molar refractivity (Wildman–Crippen MR) is 127 cm³/mol. The van der Waals surface area contributed by atoms with Gasteiger partial charge in [0.1, 0.15) is 0 Å². The number of esters is 1. The summed E-state index contributed by atoms with van der Waals surface area (Å²) in [5, 5.41) is 3.22. The molecule has 0 radical (unpaired) electrons. The number of fused-ring (bicyclic) bond motifs is 1. The molecule has 0 fully saturated rings. The Balaban J connectivity index is 1.46. The standard InChI is InChI=1S/C27H26N2O3/c1-27(2)22-14-8-10-16-24(22)29(3)25(27)17-20(30)18-32-26(31)21-13-7-9-15-23(21)28-19-11-5-4-6-12-19/h4-17,28H,18H2,1-3H3. The highest BCUT2D eigenvalue weighted by molar-refractivity contribution is 5.99. The summed E-state index contributed by atoms with van der Waals surface area (Å²) in [7, 11) is 1.95. The van der Waals surface area contributed by atoms with Crippen LogP contribution in [-0.4, -0.2) is 25.4 Å². The summed E-state index contributed by atoms with van der Waals surface area (Å²) in [5.41, 5.74) is 4.68. The molecule has 0 saturated heterocycles. The molecule has 1 heterocycles. The molecule has 0 unspecified atom stereocenters. The minimum atomic E-state index is -0.543. The minimum Gasteiger partial charge on any atom is -0.454 e. The van der Waals surface area contributed by atoms with Gasteiger partial charge in [0.05, 0.1) is 11.3 Å². The van der Waals surface area contributed by atoms with Crippen molar-refractivity contribution in [3.63, 3.8) is 0 Å². The van der Waals surface area contributed by atoms with Gasteiger partial charge in [0.15, 0.2) is 12.4 Å². The van der Waals surface area contributed by atoms with E-state index in [9.17, 15) is 9.59 Å². The van der Waals surface area contributed by atoms with Crippen LogP contribution in [0.5, 0.6) is 0 Å². The first-order chi connectivity index (χ1) is 15.4. The van der Waals surface area contributed by atoms with Crippen molar-refractivity contribution in [2.24, 2.45) is 0 Å². The van der Waals surface area contributed by atoms with Gasteiger partial charge in [-0.3, -0.25) is 4.79 Å². The zero-order valence-electron chi connectivity index (χ0n) is 18.5. The summed E-state index contributed by atoms with van der Waals surface area (Å²) in [4.78, 5) is 27.4. The maximum Gasteiger partial charge on any atom is 0.340 e. The SMILES string of the molecule is CN1C(=CC(=O)COC(=O)c2ccccc2Nc2ccccc2)C(C)(C)c2ccccc21. The number of hydrogen-bond acceptors (Lipinski definition) is 5. The van der Waals surface area contributed by atoms with E-state index in [0.29, 0.717) is 11.3 Å². The Morgan fingerprint density at radius 1 is 0.938 bits per heavy atom. The molecule has 1 aliphatic heterocycles. The smallest absolute Gasteiger partial charge is 0.340 e. The van der Waals surface area contributed by atoms with E-state index in [-0.39, 0.29) is 17.8 Å². The molecular weight excluding hydrogens is 400 g/mol. The van der Waals surface area contributed by atoms with Gasteiger partial charge >= 0.3 is 5.97 Å². The van der Waals surface area contributed by atoms with Gasteiger partial charge < -0.3 is 15.0 Å². The van der Waals surface area contributed by atoms with Crippen LogP contribution in [0.3, 0.4) is 0 Å². The number of benzene rings is 3. The molecule has 0 spiro atoms. The predicted octanol–water partition coefficient (Wildman–Crippen LogP) is 5.47. The summed E-state index contributed by atoms with van der Waals surface area (Å²) in [6.07, 6.45) is 1.58. The Morgan fingerprint density at radius 3 is 2.34 bits per heavy atom. The van der Waals surface area contributed by atoms with Gasteiger partial charge in [-0.15, -0.1) is 0 Å². The minimum absolute atomic E-state index is 0.255. The van der Waals surface area contributed by atoms with Crippen molar-refractivity contribution in [3.8, 4) is 0 Å². The van der Waals surface area contributed by atoms with Crippen LogP contribution in [0.25, 0.3) is 0 Å². The van der Waals surface area contributed by atoms with Gasteiger partial charge in [0, 0.05) is 35.6 Å². The summed E-state index contributed by atoms with van der Waals surface area (Å²) in [6.45, 7) is 3.86. The molecule has 1 N–H and O–H groups in total. The second-order valence-corrected chi connectivity index (χ2v) is 8.31. The molecule has 4 rings (SSSR count). The second-order valence-electron chi connectivity index (χ2n) is 8.31. The van der Waals surface area contributed by atoms with E-state index in [1.807, 2.05) is 66.5 Å². The zero-order chi connectivity index (χ0) is 22.7. The lowest BCUT2D eigenvalue weighted by atomic mass is 9.83. The molecule has 32 heavy (non-hydrogen) atoms. The van der Waals surface area contributed by atoms with Gasteiger partial charge in [0.25, 0.3) is 0 Å². The van der Waals surface area contributed by atoms with E-state index < -0.39 is 5.97 Å². The first-order valence-corrected chi connectivity index (χ1v) is 10.5. The molecule has 3 aromatic rings. The molecule has 0 atom stereocenters. The van der Waals surface area contributed by atoms with Crippen molar-refractivity contribution >= 4 is 28.8 Å². The second kappa shape index (κ2) is 8.71. The first kappa shape index (κ1) is 21.4. The van der Waals surface area contributed by atoms with Crippen molar-refractivity contribution < 1.29 is 14.3 Å². The summed E-state index contributed by atoms with van der Waals surface area (Å²) in [5.74, 6) is -0.798. The molecule has 5 heteroatoms. The zero-order valence-corrected chi connectivity index (χ0v) is 18.5. The average Bonchev–Trinajstić information content (AvgIpc) is 2.99. The first-order valence-electron chi connectivity index (χ1n) is 10.5. The van der Waals surface area contributed by atoms with Gasteiger partial charge in [-0.05, 0) is 35.9 Å². The van der Waals surface area contributed by atoms with Gasteiger partial charge in [-0.2, -0.15) is 0 Å². The number of ether oxygens (including phenoxy) is 1. The van der Waals surface area contributed by atoms with Crippen LogP contribution in [0.1, 0.15) is 29.8 Å². The highest BCUT2D eigenvalue weighted by atomic mass is 16.5. The molecule has 0 aliphatic carbocycles. The number of rotatable bonds is 6. The molecule has 0 aromatic heterocycles. The van der Waals surface area contributed by atoms with Crippen molar-refractivity contribution in [2.75, 3.05) is 23.9 Å². The fourth-order valence-corrected chi connectivity index (χ4v) is 4.11. The number of carbonyl (C=O) groups excluding carboxylic acids is 2. The van der Waals surface area contributed by atoms with Crippen LogP contribution in [0.15, 0.2) is 90.6 Å². The lowest BCUT2D eigenvalue weighted by Gasteiger charge is -2.23. The summed E-state index contributed by atoms with van der Waals surface area (Å²) in [6, 6.07) is 24.8. The van der Waals surface area contributed by atoms with Crippen LogP contribution in [0.2, 0.25) is 0 Å². The molecule has 0 bridgehead atoms. The number of allylic oxidation sites excluding steroid dienone is 1.